The van der Waals surface area contributed by atoms with Crippen molar-refractivity contribution < 1.29 is 4.74 Å². The van der Waals surface area contributed by atoms with Gasteiger partial charge >= 0.3 is 0 Å². The van der Waals surface area contributed by atoms with Gasteiger partial charge in [0.25, 0.3) is 0 Å². The van der Waals surface area contributed by atoms with E-state index >= 15 is 0 Å². The predicted octanol–water partition coefficient (Wildman–Crippen LogP) is 4.51. The van der Waals surface area contributed by atoms with E-state index in [1.807, 2.05) is 18.6 Å². The minimum absolute atomic E-state index is 0.476. The summed E-state index contributed by atoms with van der Waals surface area (Å²) < 4.78 is 7.79. The highest BCUT2D eigenvalue weighted by Gasteiger charge is 2.23. The average Bonchev–Trinajstić information content (AvgIpc) is 3.65. The van der Waals surface area contributed by atoms with Crippen LogP contribution in [0.15, 0.2) is 42.2 Å². The van der Waals surface area contributed by atoms with Gasteiger partial charge in [-0.2, -0.15) is 9.97 Å². The summed E-state index contributed by atoms with van der Waals surface area (Å²) >= 11 is 1.70. The molecule has 0 radical (unpaired) electrons. The van der Waals surface area contributed by atoms with Gasteiger partial charge in [0.1, 0.15) is 0 Å². The Morgan fingerprint density at radius 3 is 2.70 bits per heavy atom. The van der Waals surface area contributed by atoms with E-state index in [-0.39, 0.29) is 0 Å². The monoisotopic (exact) mass is 461 g/mol. The number of anilines is 2. The number of ether oxygens (including phenoxy) is 1. The Labute approximate surface area is 196 Å². The van der Waals surface area contributed by atoms with Crippen molar-refractivity contribution in [3.05, 3.63) is 47.7 Å². The third-order valence-corrected chi connectivity index (χ3v) is 7.37. The van der Waals surface area contributed by atoms with Gasteiger partial charge in [-0.15, -0.1) is 11.3 Å². The lowest BCUT2D eigenvalue weighted by Crippen LogP contribution is -2.37. The third kappa shape index (κ3) is 4.18. The van der Waals surface area contributed by atoms with Crippen molar-refractivity contribution in [1.29, 1.82) is 0 Å². The van der Waals surface area contributed by atoms with E-state index in [0.29, 0.717) is 25.8 Å². The Morgan fingerprint density at radius 2 is 1.94 bits per heavy atom. The number of rotatable bonds is 6. The van der Waals surface area contributed by atoms with Crippen molar-refractivity contribution in [2.45, 2.75) is 38.3 Å². The van der Waals surface area contributed by atoms with Crippen LogP contribution in [0.25, 0.3) is 21.7 Å². The summed E-state index contributed by atoms with van der Waals surface area (Å²) in [6.07, 6.45) is 8.79. The number of pyridine rings is 1. The molecule has 4 aromatic heterocycles. The quantitative estimate of drug-likeness (QED) is 0.452. The fourth-order valence-electron chi connectivity index (χ4n) is 4.67. The van der Waals surface area contributed by atoms with E-state index in [2.05, 4.69) is 43.3 Å². The molecule has 1 saturated heterocycles. The zero-order valence-corrected chi connectivity index (χ0v) is 19.3. The second-order valence-electron chi connectivity index (χ2n) is 8.62. The molecule has 2 aliphatic rings. The molecule has 6 rings (SSSR count). The van der Waals surface area contributed by atoms with E-state index in [4.69, 9.17) is 19.7 Å². The molecule has 1 N–H and O–H groups in total. The predicted molar refractivity (Wildman–Crippen MR) is 131 cm³/mol. The van der Waals surface area contributed by atoms with Crippen LogP contribution in [-0.2, 0) is 11.3 Å². The molecule has 0 atom stereocenters. The van der Waals surface area contributed by atoms with Crippen LogP contribution in [-0.4, -0.2) is 50.8 Å². The number of aromatic nitrogens is 5. The Hall–Kier alpha value is -3.04. The summed E-state index contributed by atoms with van der Waals surface area (Å²) in [5.41, 5.74) is 3.86. The lowest BCUT2D eigenvalue weighted by Gasteiger charge is -2.27. The van der Waals surface area contributed by atoms with Crippen LogP contribution in [0.5, 0.6) is 0 Å². The first-order valence-corrected chi connectivity index (χ1v) is 12.5. The van der Waals surface area contributed by atoms with Crippen LogP contribution >= 0.6 is 11.3 Å². The Morgan fingerprint density at radius 1 is 1.06 bits per heavy atom. The van der Waals surface area contributed by atoms with Crippen LogP contribution in [0.4, 0.5) is 11.8 Å². The van der Waals surface area contributed by atoms with E-state index in [9.17, 15) is 0 Å². The SMILES string of the molecule is c1csc(-c2ccc(CNc3nc(N4CCOCC4)nc4c3ncn4C3CCCC3)cn2)c1. The standard InChI is InChI=1S/C24H27N7OS/c1-2-5-18(4-1)31-16-27-21-22(28-24(29-23(21)31)30-9-11-32-12-10-30)26-15-17-7-8-19(25-14-17)20-6-3-13-33-20/h3,6-8,13-14,16,18H,1-2,4-5,9-12,15H2,(H,26,28,29). The van der Waals surface area contributed by atoms with Gasteiger partial charge in [-0.05, 0) is 35.9 Å². The van der Waals surface area contributed by atoms with Gasteiger partial charge in [-0.3, -0.25) is 4.98 Å². The van der Waals surface area contributed by atoms with Crippen molar-refractivity contribution in [2.24, 2.45) is 0 Å². The van der Waals surface area contributed by atoms with E-state index in [1.165, 1.54) is 30.6 Å². The summed E-state index contributed by atoms with van der Waals surface area (Å²) in [6, 6.07) is 8.81. The molecule has 0 aromatic carbocycles. The van der Waals surface area contributed by atoms with Gasteiger partial charge in [0.05, 0.1) is 30.1 Å². The lowest BCUT2D eigenvalue weighted by atomic mass is 10.2. The first kappa shape index (κ1) is 20.6. The average molecular weight is 462 g/mol. The zero-order chi connectivity index (χ0) is 22.0. The van der Waals surface area contributed by atoms with Gasteiger partial charge in [0, 0.05) is 31.9 Å². The number of fused-ring (bicyclic) bond motifs is 1. The topological polar surface area (TPSA) is 81.0 Å². The maximum atomic E-state index is 5.53. The molecule has 1 saturated carbocycles. The molecule has 8 nitrogen and oxygen atoms in total. The minimum Gasteiger partial charge on any atom is -0.378 e. The second-order valence-corrected chi connectivity index (χ2v) is 9.56. The Balaban J connectivity index is 1.29. The summed E-state index contributed by atoms with van der Waals surface area (Å²) in [7, 11) is 0. The number of hydrogen-bond donors (Lipinski definition) is 1. The van der Waals surface area contributed by atoms with Crippen molar-refractivity contribution in [3.63, 3.8) is 0 Å². The zero-order valence-electron chi connectivity index (χ0n) is 18.5. The van der Waals surface area contributed by atoms with Crippen LogP contribution in [0.2, 0.25) is 0 Å². The third-order valence-electron chi connectivity index (χ3n) is 6.48. The van der Waals surface area contributed by atoms with Crippen molar-refractivity contribution in [1.82, 2.24) is 24.5 Å². The summed E-state index contributed by atoms with van der Waals surface area (Å²) in [5.74, 6) is 1.53. The van der Waals surface area contributed by atoms with Gasteiger partial charge < -0.3 is 19.5 Å². The molecule has 2 fully saturated rings. The Kier molecular flexibility index (Phi) is 5.65. The van der Waals surface area contributed by atoms with Crippen molar-refractivity contribution in [3.8, 4) is 10.6 Å². The van der Waals surface area contributed by atoms with Gasteiger partial charge in [0.15, 0.2) is 17.0 Å². The molecule has 0 bridgehead atoms. The van der Waals surface area contributed by atoms with E-state index in [0.717, 1.165) is 47.3 Å². The van der Waals surface area contributed by atoms with Crippen LogP contribution < -0.4 is 10.2 Å². The van der Waals surface area contributed by atoms with Crippen LogP contribution in [0, 0.1) is 0 Å². The summed E-state index contributed by atoms with van der Waals surface area (Å²) in [4.78, 5) is 22.6. The molecule has 9 heteroatoms. The van der Waals surface area contributed by atoms with Crippen molar-refractivity contribution >= 4 is 34.3 Å². The fraction of sp³-hybridized carbons (Fsp3) is 0.417. The number of imidazole rings is 1. The molecule has 170 valence electrons. The number of morpholine rings is 1. The fourth-order valence-corrected chi connectivity index (χ4v) is 5.37. The molecule has 0 unspecified atom stereocenters. The summed E-state index contributed by atoms with van der Waals surface area (Å²) in [6.45, 7) is 3.64. The number of nitrogens with one attached hydrogen (secondary N) is 1. The number of nitrogens with zero attached hydrogens (tertiary/aromatic N) is 6. The minimum atomic E-state index is 0.476. The molecule has 1 aliphatic heterocycles. The highest BCUT2D eigenvalue weighted by Crippen LogP contribution is 2.33. The lowest BCUT2D eigenvalue weighted by molar-refractivity contribution is 0.122. The van der Waals surface area contributed by atoms with E-state index in [1.54, 1.807) is 11.3 Å². The van der Waals surface area contributed by atoms with Gasteiger partial charge in [0.2, 0.25) is 5.95 Å². The van der Waals surface area contributed by atoms with Gasteiger partial charge in [-0.1, -0.05) is 25.0 Å². The maximum Gasteiger partial charge on any atom is 0.229 e. The normalized spacial score (nSPS) is 17.2. The van der Waals surface area contributed by atoms with Gasteiger partial charge in [-0.25, -0.2) is 4.98 Å². The summed E-state index contributed by atoms with van der Waals surface area (Å²) in [5, 5.41) is 5.59. The molecule has 5 heterocycles. The molecule has 1 aliphatic carbocycles. The van der Waals surface area contributed by atoms with Crippen LogP contribution in [0.1, 0.15) is 37.3 Å². The van der Waals surface area contributed by atoms with Crippen LogP contribution in [0.3, 0.4) is 0 Å². The second kappa shape index (κ2) is 9.07. The Bertz CT molecular complexity index is 1210. The first-order valence-electron chi connectivity index (χ1n) is 11.6. The van der Waals surface area contributed by atoms with E-state index < -0.39 is 0 Å². The molecule has 0 spiro atoms. The first-order chi connectivity index (χ1) is 16.3. The molecular weight excluding hydrogens is 434 g/mol. The number of hydrogen-bond acceptors (Lipinski definition) is 8. The number of thiophene rings is 1. The molecule has 33 heavy (non-hydrogen) atoms. The molecular formula is C24H27N7OS. The largest absolute Gasteiger partial charge is 0.378 e. The molecule has 4 aromatic rings. The smallest absolute Gasteiger partial charge is 0.229 e. The van der Waals surface area contributed by atoms with Crippen molar-refractivity contribution in [2.75, 3.05) is 36.5 Å². The molecule has 0 amide bonds. The maximum absolute atomic E-state index is 5.53. The highest BCUT2D eigenvalue weighted by atomic mass is 32.1. The highest BCUT2D eigenvalue weighted by molar-refractivity contribution is 7.13.